The average Bonchev–Trinajstić information content (AvgIpc) is 3.36. The summed E-state index contributed by atoms with van der Waals surface area (Å²) in [5.74, 6) is -2.61. The molecule has 3 N–H and O–H groups in total. The van der Waals surface area contributed by atoms with Gasteiger partial charge in [0.1, 0.15) is 33.8 Å². The normalized spacial score (nSPS) is 14.8. The van der Waals surface area contributed by atoms with E-state index in [-0.39, 0.29) is 29.8 Å². The molecule has 0 spiro atoms. The number of anilines is 2. The molecule has 1 aliphatic heterocycles. The Bertz CT molecular complexity index is 1390. The number of carbonyl (C=O) groups is 1. The van der Waals surface area contributed by atoms with E-state index in [1.54, 1.807) is 29.8 Å². The number of hydrogen-bond acceptors (Lipinski definition) is 6. The number of nitrogen functional groups attached to an aromatic ring is 1. The summed E-state index contributed by atoms with van der Waals surface area (Å²) in [5.41, 5.74) is 5.69. The Labute approximate surface area is 177 Å². The zero-order valence-corrected chi connectivity index (χ0v) is 17.1. The van der Waals surface area contributed by atoms with Crippen molar-refractivity contribution in [1.29, 1.82) is 0 Å². The van der Waals surface area contributed by atoms with Crippen LogP contribution in [0.1, 0.15) is 30.8 Å². The van der Waals surface area contributed by atoms with Gasteiger partial charge in [0.2, 0.25) is 5.91 Å². The van der Waals surface area contributed by atoms with Crippen molar-refractivity contribution in [1.82, 2.24) is 19.4 Å². The summed E-state index contributed by atoms with van der Waals surface area (Å²) in [5, 5.41) is 4.47. The molecule has 0 aliphatic carbocycles. The van der Waals surface area contributed by atoms with Gasteiger partial charge in [-0.1, -0.05) is 0 Å². The molecule has 5 rings (SSSR count). The second kappa shape index (κ2) is 6.51. The predicted octanol–water partition coefficient (Wildman–Crippen LogP) is 3.67. The SMILES string of the molecule is CC1(C)C(=O)Nc2nc(-c3nc(Cc4c(F)ccc(F)c4F)n4ccsc34)nc(N)c21. The maximum absolute atomic E-state index is 14.2. The molecule has 158 valence electrons. The molecular formula is C20H15F3N6OS. The van der Waals surface area contributed by atoms with Gasteiger partial charge in [0.15, 0.2) is 17.5 Å². The molecule has 7 nitrogen and oxygen atoms in total. The number of aromatic nitrogens is 4. The van der Waals surface area contributed by atoms with Crippen LogP contribution in [0.5, 0.6) is 0 Å². The highest BCUT2D eigenvalue weighted by Gasteiger charge is 2.42. The van der Waals surface area contributed by atoms with Crippen molar-refractivity contribution >= 4 is 33.7 Å². The lowest BCUT2D eigenvalue weighted by Gasteiger charge is -2.15. The van der Waals surface area contributed by atoms with Gasteiger partial charge < -0.3 is 11.1 Å². The predicted molar refractivity (Wildman–Crippen MR) is 109 cm³/mol. The molecule has 11 heteroatoms. The second-order valence-corrected chi connectivity index (χ2v) is 8.58. The molecule has 4 heterocycles. The van der Waals surface area contributed by atoms with Crippen LogP contribution >= 0.6 is 11.3 Å². The molecule has 0 fully saturated rings. The van der Waals surface area contributed by atoms with E-state index in [4.69, 9.17) is 5.73 Å². The minimum Gasteiger partial charge on any atom is -0.383 e. The molecule has 1 amide bonds. The smallest absolute Gasteiger partial charge is 0.235 e. The summed E-state index contributed by atoms with van der Waals surface area (Å²) >= 11 is 1.32. The number of fused-ring (bicyclic) bond motifs is 2. The minimum atomic E-state index is -1.25. The number of nitrogens with two attached hydrogens (primary N) is 1. The van der Waals surface area contributed by atoms with Gasteiger partial charge in [-0.2, -0.15) is 0 Å². The molecule has 0 saturated heterocycles. The largest absolute Gasteiger partial charge is 0.383 e. The molecule has 0 saturated carbocycles. The van der Waals surface area contributed by atoms with Crippen LogP contribution < -0.4 is 11.1 Å². The van der Waals surface area contributed by atoms with Gasteiger partial charge in [0, 0.05) is 23.6 Å². The Balaban J connectivity index is 1.64. The number of hydrogen-bond donors (Lipinski definition) is 2. The monoisotopic (exact) mass is 444 g/mol. The van der Waals surface area contributed by atoms with E-state index in [0.717, 1.165) is 12.1 Å². The number of carbonyl (C=O) groups excluding carboxylic acids is 1. The van der Waals surface area contributed by atoms with Crippen LogP contribution in [0.15, 0.2) is 23.7 Å². The summed E-state index contributed by atoms with van der Waals surface area (Å²) in [6.07, 6.45) is 1.40. The molecule has 0 bridgehead atoms. The lowest BCUT2D eigenvalue weighted by Crippen LogP contribution is -2.27. The number of amides is 1. The van der Waals surface area contributed by atoms with Gasteiger partial charge in [-0.05, 0) is 26.0 Å². The van der Waals surface area contributed by atoms with Crippen LogP contribution in [-0.4, -0.2) is 25.3 Å². The third-order valence-corrected chi connectivity index (χ3v) is 6.25. The van der Waals surface area contributed by atoms with Crippen molar-refractivity contribution in [2.45, 2.75) is 25.7 Å². The molecule has 0 unspecified atom stereocenters. The Morgan fingerprint density at radius 3 is 2.68 bits per heavy atom. The van der Waals surface area contributed by atoms with E-state index < -0.39 is 28.4 Å². The average molecular weight is 444 g/mol. The molecule has 0 radical (unpaired) electrons. The summed E-state index contributed by atoms with van der Waals surface area (Å²) in [6.45, 7) is 3.45. The fraction of sp³-hybridized carbons (Fsp3) is 0.200. The summed E-state index contributed by atoms with van der Waals surface area (Å²) in [7, 11) is 0. The number of nitrogens with zero attached hydrogens (tertiary/aromatic N) is 4. The summed E-state index contributed by atoms with van der Waals surface area (Å²) in [4.78, 5) is 26.1. The first-order chi connectivity index (χ1) is 14.7. The standard InChI is InChI=1S/C20H15F3N6OS/c1-20(2)12-15(24)26-17(27-16(12)28-19(20)30)14-18-29(5-6-31-18)11(25-14)7-8-9(21)3-4-10(22)13(8)23/h3-6H,7H2,1-2H3,(H3,24,26,27,28,30). The van der Waals surface area contributed by atoms with Crippen LogP contribution in [0, 0.1) is 17.5 Å². The van der Waals surface area contributed by atoms with Crippen LogP contribution in [0.4, 0.5) is 24.8 Å². The highest BCUT2D eigenvalue weighted by molar-refractivity contribution is 7.16. The van der Waals surface area contributed by atoms with Gasteiger partial charge in [0.25, 0.3) is 0 Å². The molecule has 3 aromatic heterocycles. The second-order valence-electron chi connectivity index (χ2n) is 7.69. The highest BCUT2D eigenvalue weighted by atomic mass is 32.1. The van der Waals surface area contributed by atoms with Crippen LogP contribution in [-0.2, 0) is 16.6 Å². The Hall–Kier alpha value is -3.47. The van der Waals surface area contributed by atoms with E-state index in [1.165, 1.54) is 11.3 Å². The maximum atomic E-state index is 14.2. The number of halogens is 3. The van der Waals surface area contributed by atoms with Gasteiger partial charge in [-0.3, -0.25) is 9.20 Å². The van der Waals surface area contributed by atoms with Gasteiger partial charge in [0.05, 0.1) is 11.0 Å². The van der Waals surface area contributed by atoms with Crippen molar-refractivity contribution < 1.29 is 18.0 Å². The highest BCUT2D eigenvalue weighted by Crippen LogP contribution is 2.40. The Morgan fingerprint density at radius 1 is 1.16 bits per heavy atom. The van der Waals surface area contributed by atoms with Crippen molar-refractivity contribution in [2.75, 3.05) is 11.1 Å². The van der Waals surface area contributed by atoms with Crippen molar-refractivity contribution in [3.05, 3.63) is 58.1 Å². The van der Waals surface area contributed by atoms with Crippen LogP contribution in [0.3, 0.4) is 0 Å². The van der Waals surface area contributed by atoms with Gasteiger partial charge >= 0.3 is 0 Å². The molecule has 0 atom stereocenters. The number of rotatable bonds is 3. The Kier molecular flexibility index (Phi) is 4.09. The van der Waals surface area contributed by atoms with Crippen molar-refractivity contribution in [3.63, 3.8) is 0 Å². The van der Waals surface area contributed by atoms with Crippen molar-refractivity contribution in [2.24, 2.45) is 0 Å². The van der Waals surface area contributed by atoms with Crippen LogP contribution in [0.2, 0.25) is 0 Å². The van der Waals surface area contributed by atoms with Crippen molar-refractivity contribution in [3.8, 4) is 11.5 Å². The maximum Gasteiger partial charge on any atom is 0.235 e. The Morgan fingerprint density at radius 2 is 1.90 bits per heavy atom. The van der Waals surface area contributed by atoms with E-state index >= 15 is 0 Å². The third kappa shape index (κ3) is 2.80. The first kappa shape index (κ1) is 19.5. The van der Waals surface area contributed by atoms with E-state index in [2.05, 4.69) is 20.3 Å². The first-order valence-corrected chi connectivity index (χ1v) is 10.1. The fourth-order valence-corrected chi connectivity index (χ4v) is 4.55. The third-order valence-electron chi connectivity index (χ3n) is 5.38. The molecule has 1 aromatic carbocycles. The van der Waals surface area contributed by atoms with Gasteiger partial charge in [-0.25, -0.2) is 28.1 Å². The quantitative estimate of drug-likeness (QED) is 0.470. The molecule has 4 aromatic rings. The lowest BCUT2D eigenvalue weighted by atomic mass is 9.87. The number of benzene rings is 1. The summed E-state index contributed by atoms with van der Waals surface area (Å²) < 4.78 is 43.6. The zero-order chi connectivity index (χ0) is 22.1. The lowest BCUT2D eigenvalue weighted by molar-refractivity contribution is -0.119. The van der Waals surface area contributed by atoms with Gasteiger partial charge in [-0.15, -0.1) is 11.3 Å². The topological polar surface area (TPSA) is 98.2 Å². The number of thiazole rings is 1. The van der Waals surface area contributed by atoms with E-state index in [0.29, 0.717) is 21.9 Å². The zero-order valence-electron chi connectivity index (χ0n) is 16.3. The minimum absolute atomic E-state index is 0.143. The summed E-state index contributed by atoms with van der Waals surface area (Å²) in [6, 6.07) is 1.62. The fourth-order valence-electron chi connectivity index (χ4n) is 3.71. The van der Waals surface area contributed by atoms with E-state index in [1.807, 2.05) is 0 Å². The van der Waals surface area contributed by atoms with Crippen LogP contribution in [0.25, 0.3) is 16.3 Å². The molecular weight excluding hydrogens is 429 g/mol. The first-order valence-electron chi connectivity index (χ1n) is 9.25. The number of nitrogens with one attached hydrogen (secondary N) is 1. The molecule has 1 aliphatic rings. The van der Waals surface area contributed by atoms with E-state index in [9.17, 15) is 18.0 Å². The molecule has 31 heavy (non-hydrogen) atoms. The number of imidazole rings is 1.